The highest BCUT2D eigenvalue weighted by molar-refractivity contribution is 5.90. The molecule has 1 heterocycles. The number of rotatable bonds is 12. The predicted molar refractivity (Wildman–Crippen MR) is 139 cm³/mol. The van der Waals surface area contributed by atoms with Crippen LogP contribution in [0.4, 0.5) is 4.79 Å². The summed E-state index contributed by atoms with van der Waals surface area (Å²) in [6.07, 6.45) is 0.388. The van der Waals surface area contributed by atoms with Gasteiger partial charge in [0.25, 0.3) is 0 Å². The van der Waals surface area contributed by atoms with Gasteiger partial charge in [0, 0.05) is 12.8 Å². The monoisotopic (exact) mass is 525 g/mol. The van der Waals surface area contributed by atoms with Gasteiger partial charge in [-0.15, -0.1) is 0 Å². The minimum atomic E-state index is -1.88. The van der Waals surface area contributed by atoms with Crippen LogP contribution in [0.3, 0.4) is 0 Å². The van der Waals surface area contributed by atoms with Gasteiger partial charge in [0.1, 0.15) is 18.7 Å². The average Bonchev–Trinajstić information content (AvgIpc) is 2.90. The van der Waals surface area contributed by atoms with Gasteiger partial charge in [0.15, 0.2) is 0 Å². The molecule has 0 aromatic heterocycles. The molecular formula is C28H35N3O7. The van der Waals surface area contributed by atoms with Crippen molar-refractivity contribution in [3.63, 3.8) is 0 Å². The Morgan fingerprint density at radius 3 is 2.18 bits per heavy atom. The molecule has 2 atom stereocenters. The molecule has 38 heavy (non-hydrogen) atoms. The summed E-state index contributed by atoms with van der Waals surface area (Å²) >= 11 is 0. The number of hydrogen-bond acceptors (Lipinski definition) is 6. The molecule has 2 aromatic carbocycles. The second-order valence-electron chi connectivity index (χ2n) is 9.70. The maximum atomic E-state index is 13.8. The number of carboxylic acids is 2. The van der Waals surface area contributed by atoms with Crippen LogP contribution < -0.4 is 10.6 Å². The number of amides is 2. The van der Waals surface area contributed by atoms with Gasteiger partial charge in [-0.3, -0.25) is 14.9 Å². The van der Waals surface area contributed by atoms with Gasteiger partial charge in [0.2, 0.25) is 5.91 Å². The molecule has 1 unspecified atom stereocenters. The molecule has 1 fully saturated rings. The van der Waals surface area contributed by atoms with Crippen molar-refractivity contribution in [2.75, 3.05) is 13.1 Å². The van der Waals surface area contributed by atoms with E-state index in [0.29, 0.717) is 18.5 Å². The van der Waals surface area contributed by atoms with Crippen molar-refractivity contribution in [1.82, 2.24) is 15.5 Å². The lowest BCUT2D eigenvalue weighted by molar-refractivity contribution is -0.172. The van der Waals surface area contributed by atoms with Crippen molar-refractivity contribution in [3.05, 3.63) is 71.8 Å². The zero-order valence-electron chi connectivity index (χ0n) is 21.5. The maximum absolute atomic E-state index is 13.8. The van der Waals surface area contributed by atoms with Gasteiger partial charge in [-0.25, -0.2) is 9.59 Å². The number of carboxylic acid groups (broad SMARTS) is 2. The number of aliphatic carboxylic acids is 2. The van der Waals surface area contributed by atoms with Crippen molar-refractivity contribution >= 4 is 23.9 Å². The van der Waals surface area contributed by atoms with Crippen LogP contribution in [0.25, 0.3) is 0 Å². The van der Waals surface area contributed by atoms with E-state index in [1.165, 1.54) is 4.90 Å². The zero-order chi connectivity index (χ0) is 27.6. The number of carbonyl (C=O) groups is 4. The fourth-order valence-corrected chi connectivity index (χ4v) is 5.02. The van der Waals surface area contributed by atoms with Crippen molar-refractivity contribution < 1.29 is 34.1 Å². The molecule has 0 spiro atoms. The fraction of sp³-hybridized carbons (Fsp3) is 0.429. The molecule has 3 rings (SSSR count). The Morgan fingerprint density at radius 2 is 1.63 bits per heavy atom. The quantitative estimate of drug-likeness (QED) is 0.331. The molecule has 1 saturated heterocycles. The second kappa shape index (κ2) is 13.0. The number of nitrogens with one attached hydrogen (secondary N) is 2. The van der Waals surface area contributed by atoms with E-state index >= 15 is 0 Å². The van der Waals surface area contributed by atoms with Crippen LogP contribution in [-0.2, 0) is 32.1 Å². The summed E-state index contributed by atoms with van der Waals surface area (Å²) in [6, 6.07) is 17.9. The summed E-state index contributed by atoms with van der Waals surface area (Å²) in [4.78, 5) is 52.1. The van der Waals surface area contributed by atoms with Crippen LogP contribution in [0.15, 0.2) is 60.7 Å². The number of alkyl carbamates (subject to hydrolysis) is 1. The summed E-state index contributed by atoms with van der Waals surface area (Å²) < 4.78 is 5.21. The van der Waals surface area contributed by atoms with Gasteiger partial charge in [-0.05, 0) is 50.3 Å². The molecule has 1 aliphatic heterocycles. The summed E-state index contributed by atoms with van der Waals surface area (Å²) in [5.74, 6) is -3.13. The smallest absolute Gasteiger partial charge is 0.407 e. The first-order chi connectivity index (χ1) is 18.2. The van der Waals surface area contributed by atoms with Crippen molar-refractivity contribution in [3.8, 4) is 0 Å². The van der Waals surface area contributed by atoms with Gasteiger partial charge in [-0.2, -0.15) is 0 Å². The minimum Gasteiger partial charge on any atom is -0.481 e. The third-order valence-electron chi connectivity index (χ3n) is 6.85. The number of nitrogens with zero attached hydrogens (tertiary/aromatic N) is 1. The van der Waals surface area contributed by atoms with E-state index in [1.807, 2.05) is 18.2 Å². The lowest BCUT2D eigenvalue weighted by atomic mass is 9.80. The molecule has 2 amide bonds. The summed E-state index contributed by atoms with van der Waals surface area (Å²) in [6.45, 7) is 1.81. The first kappa shape index (κ1) is 28.6. The number of carbonyl (C=O) groups excluding carboxylic acids is 2. The first-order valence-electron chi connectivity index (χ1n) is 12.7. The van der Waals surface area contributed by atoms with E-state index in [-0.39, 0.29) is 19.4 Å². The van der Waals surface area contributed by atoms with Crippen molar-refractivity contribution in [2.24, 2.45) is 0 Å². The Bertz CT molecular complexity index is 1100. The first-order valence-corrected chi connectivity index (χ1v) is 12.7. The fourth-order valence-electron chi connectivity index (χ4n) is 5.02. The summed E-state index contributed by atoms with van der Waals surface area (Å²) in [5.41, 5.74) is -1.54. The van der Waals surface area contributed by atoms with Crippen molar-refractivity contribution in [1.29, 1.82) is 0 Å². The molecule has 0 saturated carbocycles. The molecule has 204 valence electrons. The zero-order valence-corrected chi connectivity index (χ0v) is 21.5. The Hall–Kier alpha value is -3.92. The van der Waals surface area contributed by atoms with Crippen molar-refractivity contribution in [2.45, 2.75) is 63.3 Å². The Kier molecular flexibility index (Phi) is 9.84. The van der Waals surface area contributed by atoms with Crippen LogP contribution in [-0.4, -0.2) is 63.3 Å². The number of piperidine rings is 1. The number of hydrogen-bond donors (Lipinski definition) is 4. The van der Waals surface area contributed by atoms with E-state index in [9.17, 15) is 29.4 Å². The molecule has 0 bridgehead atoms. The van der Waals surface area contributed by atoms with Gasteiger partial charge < -0.3 is 25.2 Å². The summed E-state index contributed by atoms with van der Waals surface area (Å²) in [7, 11) is 0. The molecule has 1 aliphatic rings. The van der Waals surface area contributed by atoms with Crippen LogP contribution in [0.5, 0.6) is 0 Å². The number of benzene rings is 2. The highest BCUT2D eigenvalue weighted by atomic mass is 16.5. The highest BCUT2D eigenvalue weighted by Gasteiger charge is 2.54. The van der Waals surface area contributed by atoms with Crippen LogP contribution in [0.2, 0.25) is 0 Å². The van der Waals surface area contributed by atoms with E-state index in [0.717, 1.165) is 18.4 Å². The molecule has 10 nitrogen and oxygen atoms in total. The normalized spacial score (nSPS) is 18.6. The van der Waals surface area contributed by atoms with E-state index < -0.39 is 48.1 Å². The van der Waals surface area contributed by atoms with Gasteiger partial charge >= 0.3 is 18.0 Å². The minimum absolute atomic E-state index is 0.00946. The van der Waals surface area contributed by atoms with Crippen LogP contribution in [0.1, 0.15) is 50.2 Å². The number of ether oxygens (including phenoxy) is 1. The molecule has 2 aromatic rings. The third-order valence-corrected chi connectivity index (χ3v) is 6.85. The Labute approximate surface area is 222 Å². The third kappa shape index (κ3) is 7.32. The molecule has 0 aliphatic carbocycles. The SMILES string of the molecule is CC1(N(C(=O)CNC(=O)OCc2ccccc2)[C@](CCC(=O)O)(Cc2ccccc2)C(=O)O)CCCCN1. The van der Waals surface area contributed by atoms with E-state index in [4.69, 9.17) is 4.74 Å². The summed E-state index contributed by atoms with van der Waals surface area (Å²) in [5, 5.41) is 25.8. The largest absolute Gasteiger partial charge is 0.481 e. The van der Waals surface area contributed by atoms with Gasteiger partial charge in [-0.1, -0.05) is 60.7 Å². The predicted octanol–water partition coefficient (Wildman–Crippen LogP) is 3.16. The molecule has 0 radical (unpaired) electrons. The van der Waals surface area contributed by atoms with Crippen LogP contribution >= 0.6 is 0 Å². The molecule has 10 heteroatoms. The van der Waals surface area contributed by atoms with Crippen LogP contribution in [0, 0.1) is 0 Å². The molecular weight excluding hydrogens is 490 g/mol. The topological polar surface area (TPSA) is 145 Å². The Morgan fingerprint density at radius 1 is 1.00 bits per heavy atom. The highest BCUT2D eigenvalue weighted by Crippen LogP contribution is 2.36. The standard InChI is InChI=1S/C28H35N3O7/c1-27(15-8-9-17-30-27)31(23(32)19-29-26(37)38-20-22-12-6-3-7-13-22)28(25(35)36,16-14-24(33)34)18-21-10-4-2-5-11-21/h2-7,10-13,30H,8-9,14-20H2,1H3,(H,29,37)(H,33,34)(H,35,36)/t27?,28-/m1/s1. The van der Waals surface area contributed by atoms with Gasteiger partial charge in [0.05, 0.1) is 5.66 Å². The molecule has 4 N–H and O–H groups in total. The lowest BCUT2D eigenvalue weighted by Crippen LogP contribution is -2.72. The Balaban J connectivity index is 1.91. The van der Waals surface area contributed by atoms with E-state index in [1.54, 1.807) is 49.4 Å². The van der Waals surface area contributed by atoms with E-state index in [2.05, 4.69) is 10.6 Å². The average molecular weight is 526 g/mol. The lowest BCUT2D eigenvalue weighted by Gasteiger charge is -2.53. The second-order valence-corrected chi connectivity index (χ2v) is 9.70. The maximum Gasteiger partial charge on any atom is 0.407 e.